The Kier molecular flexibility index (Phi) is 9.52. The fraction of sp³-hybridized carbons (Fsp3) is 0.333. The number of ether oxygens (including phenoxy) is 1. The smallest absolute Gasteiger partial charge is 0.169 e. The number of halogens is 3. The minimum absolute atomic E-state index is 0.211. The number of rotatable bonds is 6. The van der Waals surface area contributed by atoms with Gasteiger partial charge in [0.2, 0.25) is 0 Å². The molecule has 34 heavy (non-hydrogen) atoms. The fourth-order valence-corrected chi connectivity index (χ4v) is 4.23. The number of hydrogen-bond donors (Lipinski definition) is 2. The molecule has 10 heteroatoms. The van der Waals surface area contributed by atoms with Gasteiger partial charge in [0, 0.05) is 20.2 Å². The monoisotopic (exact) mass is 551 g/mol. The summed E-state index contributed by atoms with van der Waals surface area (Å²) in [5.41, 5.74) is 8.21. The van der Waals surface area contributed by atoms with Crippen molar-refractivity contribution < 1.29 is 13.5 Å². The minimum Gasteiger partial charge on any atom is -0.383 e. The van der Waals surface area contributed by atoms with Crippen molar-refractivity contribution in [2.75, 3.05) is 38.7 Å². The Bertz CT molecular complexity index is 1110. The number of nitrogens with one attached hydrogen (secondary N) is 1. The summed E-state index contributed by atoms with van der Waals surface area (Å²) in [4.78, 5) is 2.29. The van der Waals surface area contributed by atoms with Crippen LogP contribution in [-0.4, -0.2) is 53.1 Å². The van der Waals surface area contributed by atoms with Gasteiger partial charge in [-0.1, -0.05) is 24.3 Å². The second-order valence-corrected chi connectivity index (χ2v) is 9.17. The lowest BCUT2D eigenvalue weighted by molar-refractivity contribution is 0.160. The average Bonchev–Trinajstić information content (AvgIpc) is 3.41. The van der Waals surface area contributed by atoms with Crippen LogP contribution in [0.2, 0.25) is 0 Å². The molecule has 0 bridgehead atoms. The number of likely N-dealkylation sites (tertiary alicyclic amines) is 1. The maximum atomic E-state index is 13.1. The molecule has 3 aromatic rings. The number of para-hydroxylation sites is 1. The van der Waals surface area contributed by atoms with Crippen LogP contribution in [0, 0.1) is 18.6 Å². The molecule has 1 atom stereocenters. The predicted octanol–water partition coefficient (Wildman–Crippen LogP) is 5.00. The lowest BCUT2D eigenvalue weighted by atomic mass is 9.98. The number of methoxy groups -OCH3 is 1. The molecule has 0 radical (unpaired) electrons. The van der Waals surface area contributed by atoms with Crippen LogP contribution in [0.25, 0.3) is 5.69 Å². The topological polar surface area (TPSA) is 68.3 Å². The Morgan fingerprint density at radius 1 is 1.24 bits per heavy atom. The van der Waals surface area contributed by atoms with Crippen LogP contribution < -0.4 is 11.1 Å². The Labute approximate surface area is 212 Å². The van der Waals surface area contributed by atoms with E-state index in [-0.39, 0.29) is 5.11 Å². The number of benzene rings is 2. The van der Waals surface area contributed by atoms with Crippen molar-refractivity contribution in [3.05, 3.63) is 75.9 Å². The number of nitrogens with zero attached hydrogens (tertiary/aromatic N) is 3. The molecule has 0 spiro atoms. The third-order valence-electron chi connectivity index (χ3n) is 5.53. The zero-order chi connectivity index (χ0) is 24.7. The number of hydrogen-bond acceptors (Lipinski definition) is 4. The van der Waals surface area contributed by atoms with Crippen LogP contribution in [-0.2, 0) is 4.74 Å². The third kappa shape index (κ3) is 6.82. The van der Waals surface area contributed by atoms with Crippen molar-refractivity contribution in [3.63, 3.8) is 0 Å². The molecular formula is C24H28BrF2N5OS. The molecule has 6 nitrogen and oxygen atoms in total. The molecule has 0 aliphatic carbocycles. The van der Waals surface area contributed by atoms with E-state index in [4.69, 9.17) is 22.7 Å². The quantitative estimate of drug-likeness (QED) is 0.420. The van der Waals surface area contributed by atoms with Crippen LogP contribution in [0.15, 0.2) is 53.0 Å². The van der Waals surface area contributed by atoms with Crippen LogP contribution in [0.1, 0.15) is 23.6 Å². The molecule has 2 heterocycles. The zero-order valence-corrected chi connectivity index (χ0v) is 21.5. The third-order valence-corrected chi connectivity index (χ3v) is 6.58. The van der Waals surface area contributed by atoms with Crippen LogP contribution in [0.4, 0.5) is 14.6 Å². The standard InChI is InChI=1S/C13H17F2NO.C11H11BrN4S/c1-17-7-6-16-5-4-11(9-16)10-2-3-12(14)13(15)8-10;1-7-9(12)10(14-11(13)17)16(15-7)8-5-3-2-4-6-8/h2-3,8,11H,4-7,9H2,1H3;2-6H,1H3,(H3,13,14,17). The SMILES string of the molecule is COCCN1CCC(c2ccc(F)c(F)c2)C1.Cc1nn(-c2ccccc2)c(NC(N)=S)c1Br. The first kappa shape index (κ1) is 26.2. The van der Waals surface area contributed by atoms with Crippen molar-refractivity contribution in [1.82, 2.24) is 14.7 Å². The largest absolute Gasteiger partial charge is 0.383 e. The molecule has 0 saturated carbocycles. The van der Waals surface area contributed by atoms with Crippen molar-refractivity contribution >= 4 is 39.1 Å². The highest BCUT2D eigenvalue weighted by Crippen LogP contribution is 2.29. The van der Waals surface area contributed by atoms with Gasteiger partial charge in [0.1, 0.15) is 0 Å². The zero-order valence-electron chi connectivity index (χ0n) is 19.1. The molecule has 1 unspecified atom stereocenters. The summed E-state index contributed by atoms with van der Waals surface area (Å²) < 4.78 is 33.6. The molecule has 1 aliphatic rings. The predicted molar refractivity (Wildman–Crippen MR) is 138 cm³/mol. The van der Waals surface area contributed by atoms with Gasteiger partial charge in [-0.2, -0.15) is 5.10 Å². The summed E-state index contributed by atoms with van der Waals surface area (Å²) >= 11 is 8.33. The van der Waals surface area contributed by atoms with Gasteiger partial charge in [-0.3, -0.25) is 0 Å². The molecule has 0 amide bonds. The van der Waals surface area contributed by atoms with Crippen molar-refractivity contribution in [2.24, 2.45) is 5.73 Å². The van der Waals surface area contributed by atoms with Gasteiger partial charge in [-0.25, -0.2) is 13.5 Å². The number of anilines is 1. The Balaban J connectivity index is 0.000000191. The highest BCUT2D eigenvalue weighted by Gasteiger charge is 2.24. The molecule has 3 N–H and O–H groups in total. The lowest BCUT2D eigenvalue weighted by Crippen LogP contribution is -2.24. The van der Waals surface area contributed by atoms with Gasteiger partial charge in [-0.05, 0) is 83.8 Å². The maximum Gasteiger partial charge on any atom is 0.169 e. The summed E-state index contributed by atoms with van der Waals surface area (Å²) in [6.45, 7) is 5.41. The van der Waals surface area contributed by atoms with Crippen molar-refractivity contribution in [2.45, 2.75) is 19.3 Å². The van der Waals surface area contributed by atoms with Crippen LogP contribution in [0.5, 0.6) is 0 Å². The molecule has 1 fully saturated rings. The second kappa shape index (κ2) is 12.3. The fourth-order valence-electron chi connectivity index (χ4n) is 3.78. The first-order chi connectivity index (χ1) is 16.3. The van der Waals surface area contributed by atoms with E-state index >= 15 is 0 Å². The summed E-state index contributed by atoms with van der Waals surface area (Å²) in [5.74, 6) is -0.482. The number of nitrogens with two attached hydrogens (primary N) is 1. The van der Waals surface area contributed by atoms with E-state index in [0.717, 1.165) is 53.3 Å². The molecule has 1 aromatic heterocycles. The molecular weight excluding hydrogens is 524 g/mol. The van der Waals surface area contributed by atoms with Crippen LogP contribution >= 0.6 is 28.1 Å². The summed E-state index contributed by atoms with van der Waals surface area (Å²) in [7, 11) is 1.68. The first-order valence-electron chi connectivity index (χ1n) is 10.8. The molecule has 4 rings (SSSR count). The molecule has 2 aromatic carbocycles. The van der Waals surface area contributed by atoms with E-state index in [1.54, 1.807) is 17.9 Å². The Morgan fingerprint density at radius 3 is 2.62 bits per heavy atom. The van der Waals surface area contributed by atoms with Crippen molar-refractivity contribution in [3.8, 4) is 5.69 Å². The van der Waals surface area contributed by atoms with Gasteiger partial charge in [0.15, 0.2) is 22.6 Å². The van der Waals surface area contributed by atoms with E-state index in [9.17, 15) is 8.78 Å². The van der Waals surface area contributed by atoms with Gasteiger partial charge >= 0.3 is 0 Å². The average molecular weight is 552 g/mol. The summed E-state index contributed by atoms with van der Waals surface area (Å²) in [6.07, 6.45) is 0.995. The highest BCUT2D eigenvalue weighted by atomic mass is 79.9. The van der Waals surface area contributed by atoms with Gasteiger partial charge in [0.25, 0.3) is 0 Å². The van der Waals surface area contributed by atoms with E-state index in [1.165, 1.54) is 12.1 Å². The van der Waals surface area contributed by atoms with E-state index < -0.39 is 11.6 Å². The summed E-state index contributed by atoms with van der Waals surface area (Å²) in [5, 5.41) is 7.56. The number of thiocarbonyl (C=S) groups is 1. The summed E-state index contributed by atoms with van der Waals surface area (Å²) in [6, 6.07) is 14.0. The maximum absolute atomic E-state index is 13.1. The van der Waals surface area contributed by atoms with E-state index in [1.807, 2.05) is 37.3 Å². The van der Waals surface area contributed by atoms with Crippen molar-refractivity contribution in [1.29, 1.82) is 0 Å². The van der Waals surface area contributed by atoms with Gasteiger partial charge < -0.3 is 20.7 Å². The van der Waals surface area contributed by atoms with E-state index in [0.29, 0.717) is 12.5 Å². The minimum atomic E-state index is -0.775. The molecule has 182 valence electrons. The highest BCUT2D eigenvalue weighted by molar-refractivity contribution is 9.10. The molecule has 1 saturated heterocycles. The normalized spacial score (nSPS) is 15.6. The number of aryl methyl sites for hydroxylation is 1. The number of aromatic nitrogens is 2. The lowest BCUT2D eigenvalue weighted by Gasteiger charge is -2.15. The first-order valence-corrected chi connectivity index (χ1v) is 12.0. The van der Waals surface area contributed by atoms with E-state index in [2.05, 4.69) is 31.2 Å². The Hall–Kier alpha value is -2.40. The van der Waals surface area contributed by atoms with Gasteiger partial charge in [-0.15, -0.1) is 0 Å². The second-order valence-electron chi connectivity index (χ2n) is 7.94. The van der Waals surface area contributed by atoms with Crippen LogP contribution in [0.3, 0.4) is 0 Å². The Morgan fingerprint density at radius 2 is 1.97 bits per heavy atom. The molecule has 1 aliphatic heterocycles. The van der Waals surface area contributed by atoms with Gasteiger partial charge in [0.05, 0.1) is 22.5 Å².